The molecule has 0 radical (unpaired) electrons. The zero-order valence-corrected chi connectivity index (χ0v) is 19.1. The van der Waals surface area contributed by atoms with E-state index < -0.39 is 0 Å². The third kappa shape index (κ3) is 30.7. The predicted octanol–water partition coefficient (Wildman–Crippen LogP) is 6.29. The Labute approximate surface area is 166 Å². The number of allylic oxidation sites excluding steroid dienone is 4. The van der Waals surface area contributed by atoms with Gasteiger partial charge in [-0.25, -0.2) is 0 Å². The van der Waals surface area contributed by atoms with Gasteiger partial charge >= 0.3 is 26.2 Å². The SMILES string of the molecule is CC(C)[N-]CCCCC1=CC=CC1.CC[N-]C.CC[N-]C.[CH3-].[Zr+4]. The minimum atomic E-state index is 0. The second kappa shape index (κ2) is 27.1. The Kier molecular flexibility index (Phi) is 36.6. The maximum Gasteiger partial charge on any atom is 4.00 e. The molecule has 1 aliphatic carbocycles. The molecule has 4 heteroatoms. The Morgan fingerprint density at radius 2 is 1.57 bits per heavy atom. The first-order valence-corrected chi connectivity index (χ1v) is 8.24. The molecule has 0 saturated carbocycles. The van der Waals surface area contributed by atoms with Gasteiger partial charge in [-0.05, 0) is 12.8 Å². The maximum absolute atomic E-state index is 4.45. The van der Waals surface area contributed by atoms with Gasteiger partial charge in [0.1, 0.15) is 0 Å². The fraction of sp³-hybridized carbons (Fsp3) is 0.737. The van der Waals surface area contributed by atoms with Crippen LogP contribution in [0.4, 0.5) is 0 Å². The number of hydrogen-bond acceptors (Lipinski definition) is 0. The molecule has 0 amide bonds. The molecular weight excluding hydrogens is 361 g/mol. The standard InChI is InChI=1S/C12H20N.2C3H8N.CH3.Zr/c1-11(2)13-10-6-5-9-12-7-3-4-8-12;2*1-3-4-2;;/h3-4,7,11H,5-6,8-10H2,1-2H3;2*3H2,1-2H3;1H3;/q4*-1;+4. The first kappa shape index (κ1) is 31.1. The van der Waals surface area contributed by atoms with Crippen molar-refractivity contribution in [1.29, 1.82) is 0 Å². The van der Waals surface area contributed by atoms with Crippen molar-refractivity contribution in [2.45, 2.75) is 59.4 Å². The average molecular weight is 401 g/mol. The fourth-order valence-electron chi connectivity index (χ4n) is 1.49. The number of unbranched alkanes of at least 4 members (excludes halogenated alkanes) is 1. The van der Waals surface area contributed by atoms with Crippen molar-refractivity contribution in [2.24, 2.45) is 0 Å². The molecule has 0 aromatic carbocycles. The Morgan fingerprint density at radius 3 is 1.91 bits per heavy atom. The zero-order valence-electron chi connectivity index (χ0n) is 16.6. The van der Waals surface area contributed by atoms with E-state index in [0.29, 0.717) is 6.04 Å². The van der Waals surface area contributed by atoms with E-state index in [1.807, 2.05) is 13.8 Å². The summed E-state index contributed by atoms with van der Waals surface area (Å²) in [4.78, 5) is 0. The molecular formula is C19H39N3Zr. The van der Waals surface area contributed by atoms with Crippen LogP contribution in [0.5, 0.6) is 0 Å². The van der Waals surface area contributed by atoms with Gasteiger partial charge in [-0.3, -0.25) is 0 Å². The van der Waals surface area contributed by atoms with E-state index in [1.165, 1.54) is 25.7 Å². The monoisotopic (exact) mass is 399 g/mol. The average Bonchev–Trinajstić information content (AvgIpc) is 3.00. The quantitative estimate of drug-likeness (QED) is 0.339. The summed E-state index contributed by atoms with van der Waals surface area (Å²) in [6.45, 7) is 11.2. The summed E-state index contributed by atoms with van der Waals surface area (Å²) in [5.41, 5.74) is 1.59. The van der Waals surface area contributed by atoms with Gasteiger partial charge in [0.15, 0.2) is 0 Å². The van der Waals surface area contributed by atoms with Crippen molar-refractivity contribution >= 4 is 0 Å². The van der Waals surface area contributed by atoms with Crippen LogP contribution in [0, 0.1) is 7.43 Å². The van der Waals surface area contributed by atoms with Crippen LogP contribution < -0.4 is 0 Å². The molecule has 0 bridgehead atoms. The van der Waals surface area contributed by atoms with E-state index in [-0.39, 0.29) is 33.6 Å². The fourth-order valence-corrected chi connectivity index (χ4v) is 1.49. The Hall–Kier alpha value is 0.243. The van der Waals surface area contributed by atoms with Crippen LogP contribution in [0.15, 0.2) is 23.8 Å². The zero-order chi connectivity index (χ0) is 16.3. The summed E-state index contributed by atoms with van der Waals surface area (Å²) in [7, 11) is 3.61. The van der Waals surface area contributed by atoms with E-state index >= 15 is 0 Å². The summed E-state index contributed by atoms with van der Waals surface area (Å²) >= 11 is 0. The van der Waals surface area contributed by atoms with Crippen molar-refractivity contribution in [3.05, 3.63) is 47.2 Å². The first-order chi connectivity index (χ1) is 10.1. The van der Waals surface area contributed by atoms with Crippen molar-refractivity contribution < 1.29 is 26.2 Å². The Bertz CT molecular complexity index is 243. The van der Waals surface area contributed by atoms with Gasteiger partial charge in [0.05, 0.1) is 0 Å². The molecule has 0 spiro atoms. The molecule has 1 aliphatic rings. The molecule has 0 fully saturated rings. The van der Waals surface area contributed by atoms with Crippen molar-refractivity contribution in [2.75, 3.05) is 33.7 Å². The molecule has 0 unspecified atom stereocenters. The topological polar surface area (TPSA) is 42.3 Å². The van der Waals surface area contributed by atoms with Gasteiger partial charge in [-0.2, -0.15) is 27.2 Å². The van der Waals surface area contributed by atoms with Crippen LogP contribution in [-0.2, 0) is 26.2 Å². The summed E-state index contributed by atoms with van der Waals surface area (Å²) in [5, 5.41) is 11.9. The van der Waals surface area contributed by atoms with E-state index in [9.17, 15) is 0 Å². The van der Waals surface area contributed by atoms with Crippen LogP contribution in [0.1, 0.15) is 53.4 Å². The van der Waals surface area contributed by atoms with Gasteiger partial charge in [0.2, 0.25) is 0 Å². The van der Waals surface area contributed by atoms with E-state index in [2.05, 4.69) is 48.0 Å². The van der Waals surface area contributed by atoms with Gasteiger partial charge in [-0.15, -0.1) is 12.6 Å². The Balaban J connectivity index is -0.000000153. The summed E-state index contributed by atoms with van der Waals surface area (Å²) < 4.78 is 0. The maximum atomic E-state index is 4.45. The number of rotatable bonds is 8. The molecule has 0 N–H and O–H groups in total. The minimum absolute atomic E-state index is 0. The molecule has 0 aromatic rings. The molecule has 1 rings (SSSR count). The van der Waals surface area contributed by atoms with Crippen molar-refractivity contribution in [1.82, 2.24) is 0 Å². The van der Waals surface area contributed by atoms with Crippen LogP contribution in [0.3, 0.4) is 0 Å². The Morgan fingerprint density at radius 1 is 1.04 bits per heavy atom. The molecule has 0 saturated heterocycles. The summed E-state index contributed by atoms with van der Waals surface area (Å²) in [5.74, 6) is 0. The number of hydrogen-bond donors (Lipinski definition) is 0. The third-order valence-corrected chi connectivity index (χ3v) is 2.88. The van der Waals surface area contributed by atoms with Crippen molar-refractivity contribution in [3.63, 3.8) is 0 Å². The molecule has 23 heavy (non-hydrogen) atoms. The van der Waals surface area contributed by atoms with E-state index in [1.54, 1.807) is 19.7 Å². The van der Waals surface area contributed by atoms with Gasteiger partial charge < -0.3 is 23.4 Å². The largest absolute Gasteiger partial charge is 4.00 e. The molecule has 134 valence electrons. The first-order valence-electron chi connectivity index (χ1n) is 8.24. The smallest absolute Gasteiger partial charge is 0.665 e. The second-order valence-corrected chi connectivity index (χ2v) is 5.18. The van der Waals surface area contributed by atoms with E-state index in [0.717, 1.165) is 19.6 Å². The summed E-state index contributed by atoms with van der Waals surface area (Å²) in [6, 6.07) is 0.507. The predicted molar refractivity (Wildman–Crippen MR) is 105 cm³/mol. The molecule has 0 atom stereocenters. The molecule has 0 aromatic heterocycles. The van der Waals surface area contributed by atoms with Gasteiger partial charge in [0, 0.05) is 0 Å². The minimum Gasteiger partial charge on any atom is -0.665 e. The molecule has 0 heterocycles. The normalized spacial score (nSPS) is 11.3. The second-order valence-electron chi connectivity index (χ2n) is 5.18. The third-order valence-electron chi connectivity index (χ3n) is 2.88. The van der Waals surface area contributed by atoms with Crippen molar-refractivity contribution in [3.8, 4) is 0 Å². The van der Waals surface area contributed by atoms with Crippen LogP contribution in [0.2, 0.25) is 0 Å². The van der Waals surface area contributed by atoms with Crippen LogP contribution in [-0.4, -0.2) is 39.8 Å². The molecule has 0 aliphatic heterocycles. The van der Waals surface area contributed by atoms with Crippen LogP contribution in [0.25, 0.3) is 16.0 Å². The van der Waals surface area contributed by atoms with E-state index in [4.69, 9.17) is 0 Å². The number of nitrogens with zero attached hydrogens (tertiary/aromatic N) is 3. The molecule has 3 nitrogen and oxygen atoms in total. The van der Waals surface area contributed by atoms with Crippen LogP contribution >= 0.6 is 0 Å². The van der Waals surface area contributed by atoms with Gasteiger partial charge in [-0.1, -0.05) is 64.3 Å². The summed E-state index contributed by atoms with van der Waals surface area (Å²) in [6.07, 6.45) is 11.6. The van der Waals surface area contributed by atoms with Gasteiger partial charge in [0.25, 0.3) is 0 Å².